The lowest BCUT2D eigenvalue weighted by Gasteiger charge is -2.50. The van der Waals surface area contributed by atoms with Gasteiger partial charge in [-0.3, -0.25) is 9.58 Å². The molecule has 3 aliphatic rings. The summed E-state index contributed by atoms with van der Waals surface area (Å²) < 4.78 is 12.1. The molecule has 6 rings (SSSR count). The van der Waals surface area contributed by atoms with Gasteiger partial charge >= 0.3 is 5.97 Å². The lowest BCUT2D eigenvalue weighted by atomic mass is 9.74. The van der Waals surface area contributed by atoms with Crippen molar-refractivity contribution in [1.29, 1.82) is 0 Å². The molecular weight excluding hydrogens is 486 g/mol. The molecule has 4 heterocycles. The Morgan fingerprint density at radius 3 is 2.68 bits per heavy atom. The first kappa shape index (κ1) is 25.2. The Morgan fingerprint density at radius 2 is 1.97 bits per heavy atom. The van der Waals surface area contributed by atoms with Gasteiger partial charge in [0.1, 0.15) is 5.75 Å². The van der Waals surface area contributed by atoms with Crippen LogP contribution in [0, 0.1) is 5.92 Å². The summed E-state index contributed by atoms with van der Waals surface area (Å²) in [7, 11) is 5.11. The molecule has 194 valence electrons. The second kappa shape index (κ2) is 10.9. The monoisotopic (exact) mass is 519 g/mol. The Hall–Kier alpha value is -3.43. The van der Waals surface area contributed by atoms with Crippen LogP contribution in [0.2, 0.25) is 0 Å². The highest BCUT2D eigenvalue weighted by molar-refractivity contribution is 7.80. The van der Waals surface area contributed by atoms with Crippen LogP contribution in [0.4, 0.5) is 5.69 Å². The number of methoxy groups -OCH3 is 2. The smallest absolute Gasteiger partial charge is 0.337 e. The van der Waals surface area contributed by atoms with E-state index in [4.69, 9.17) is 26.8 Å². The molecule has 8 nitrogen and oxygen atoms in total. The molecule has 9 heteroatoms. The first-order valence-corrected chi connectivity index (χ1v) is 13.0. The van der Waals surface area contributed by atoms with E-state index in [2.05, 4.69) is 45.5 Å². The summed E-state index contributed by atoms with van der Waals surface area (Å²) >= 11 is 5.53. The standard InChI is InChI=1S/C28H33N5O3S/c1-32-26(15-25(31-32)18-7-9-23(35-2)10-8-18)24-17-33-12-11-19(24)14-22(33)16-29-28(37)30-21-6-4-5-20(13-21)27(34)36-3/h4-10,13,15,19,22,24H,11-12,14,16-17H2,1-3H3,(H2,29,30,37)/t19-,22+,24-/m0/s1. The summed E-state index contributed by atoms with van der Waals surface area (Å²) in [6.45, 7) is 2.92. The molecule has 1 aromatic heterocycles. The predicted octanol–water partition coefficient (Wildman–Crippen LogP) is 4.05. The van der Waals surface area contributed by atoms with E-state index in [9.17, 15) is 4.79 Å². The third-order valence-electron chi connectivity index (χ3n) is 7.60. The van der Waals surface area contributed by atoms with E-state index in [0.29, 0.717) is 28.6 Å². The molecule has 0 saturated carbocycles. The fourth-order valence-corrected chi connectivity index (χ4v) is 5.85. The number of thiocarbonyl (C=S) groups is 1. The molecule has 2 aromatic carbocycles. The number of aryl methyl sites for hydroxylation is 1. The van der Waals surface area contributed by atoms with Gasteiger partial charge in [-0.2, -0.15) is 5.10 Å². The highest BCUT2D eigenvalue weighted by Crippen LogP contribution is 2.42. The number of ether oxygens (including phenoxy) is 2. The number of carbonyl (C=O) groups excluding carboxylic acids is 1. The van der Waals surface area contributed by atoms with Gasteiger partial charge in [0.25, 0.3) is 0 Å². The van der Waals surface area contributed by atoms with Gasteiger partial charge in [-0.15, -0.1) is 0 Å². The first-order valence-electron chi connectivity index (χ1n) is 12.6. The zero-order valence-electron chi connectivity index (χ0n) is 21.4. The maximum Gasteiger partial charge on any atom is 0.337 e. The van der Waals surface area contributed by atoms with Crippen LogP contribution in [0.25, 0.3) is 11.3 Å². The number of rotatable bonds is 7. The summed E-state index contributed by atoms with van der Waals surface area (Å²) in [5, 5.41) is 12.0. The van der Waals surface area contributed by atoms with E-state index >= 15 is 0 Å². The molecule has 4 atom stereocenters. The van der Waals surface area contributed by atoms with Gasteiger partial charge < -0.3 is 20.1 Å². The molecule has 1 unspecified atom stereocenters. The fourth-order valence-electron chi connectivity index (χ4n) is 5.64. The molecule has 3 fully saturated rings. The van der Waals surface area contributed by atoms with E-state index < -0.39 is 0 Å². The van der Waals surface area contributed by atoms with Gasteiger partial charge in [0.2, 0.25) is 0 Å². The Kier molecular flexibility index (Phi) is 7.43. The number of esters is 1. The minimum Gasteiger partial charge on any atom is -0.497 e. The average molecular weight is 520 g/mol. The Balaban J connectivity index is 1.18. The zero-order chi connectivity index (χ0) is 25.9. The average Bonchev–Trinajstić information content (AvgIpc) is 3.33. The number of aromatic nitrogens is 2. The molecule has 0 radical (unpaired) electrons. The number of hydrogen-bond donors (Lipinski definition) is 2. The summed E-state index contributed by atoms with van der Waals surface area (Å²) in [4.78, 5) is 14.4. The van der Waals surface area contributed by atoms with Gasteiger partial charge in [0, 0.05) is 49.0 Å². The lowest BCUT2D eigenvalue weighted by Crippen LogP contribution is -2.56. The molecule has 2 N–H and O–H groups in total. The van der Waals surface area contributed by atoms with Crippen molar-refractivity contribution >= 4 is 29.0 Å². The molecule has 0 aliphatic carbocycles. The van der Waals surface area contributed by atoms with E-state index in [1.807, 2.05) is 24.3 Å². The summed E-state index contributed by atoms with van der Waals surface area (Å²) in [6.07, 6.45) is 2.33. The number of hydrogen-bond acceptors (Lipinski definition) is 6. The van der Waals surface area contributed by atoms with E-state index in [1.165, 1.54) is 19.2 Å². The Morgan fingerprint density at radius 1 is 1.16 bits per heavy atom. The largest absolute Gasteiger partial charge is 0.497 e. The van der Waals surface area contributed by atoms with Crippen molar-refractivity contribution in [2.24, 2.45) is 13.0 Å². The van der Waals surface area contributed by atoms with Crippen molar-refractivity contribution in [3.05, 3.63) is 65.9 Å². The first-order chi connectivity index (χ1) is 17.9. The normalized spacial score (nSPS) is 22.4. The van der Waals surface area contributed by atoms with Crippen LogP contribution in [-0.4, -0.2) is 65.7 Å². The number of fused-ring (bicyclic) bond motifs is 3. The van der Waals surface area contributed by atoms with Gasteiger partial charge in [-0.05, 0) is 86.1 Å². The van der Waals surface area contributed by atoms with Gasteiger partial charge in [0.15, 0.2) is 5.11 Å². The molecule has 0 amide bonds. The third-order valence-corrected chi connectivity index (χ3v) is 7.85. The minimum atomic E-state index is -0.368. The topological polar surface area (TPSA) is 80.7 Å². The predicted molar refractivity (Wildman–Crippen MR) is 148 cm³/mol. The Labute approximate surface area is 222 Å². The number of benzene rings is 2. The van der Waals surface area contributed by atoms with Crippen LogP contribution in [0.3, 0.4) is 0 Å². The molecule has 2 bridgehead atoms. The number of nitrogens with one attached hydrogen (secondary N) is 2. The number of anilines is 1. The maximum absolute atomic E-state index is 11.8. The molecule has 3 aromatic rings. The van der Waals surface area contributed by atoms with Gasteiger partial charge in [0.05, 0.1) is 25.5 Å². The second-order valence-corrected chi connectivity index (χ2v) is 10.2. The molecule has 3 saturated heterocycles. The van der Waals surface area contributed by atoms with Crippen molar-refractivity contribution in [1.82, 2.24) is 20.0 Å². The molecule has 0 spiro atoms. The van der Waals surface area contributed by atoms with Crippen LogP contribution in [-0.2, 0) is 11.8 Å². The van der Waals surface area contributed by atoms with Crippen LogP contribution in [0.5, 0.6) is 5.75 Å². The lowest BCUT2D eigenvalue weighted by molar-refractivity contribution is 0.0303. The maximum atomic E-state index is 11.8. The highest BCUT2D eigenvalue weighted by Gasteiger charge is 2.41. The number of piperidine rings is 3. The van der Waals surface area contributed by atoms with Crippen LogP contribution >= 0.6 is 12.2 Å². The molecule has 37 heavy (non-hydrogen) atoms. The third kappa shape index (κ3) is 5.47. The van der Waals surface area contributed by atoms with Crippen molar-refractivity contribution in [3.63, 3.8) is 0 Å². The van der Waals surface area contributed by atoms with Crippen LogP contribution < -0.4 is 15.4 Å². The highest BCUT2D eigenvalue weighted by atomic mass is 32.1. The summed E-state index contributed by atoms with van der Waals surface area (Å²) in [5.74, 6) is 1.57. The van der Waals surface area contributed by atoms with Gasteiger partial charge in [-0.1, -0.05) is 6.07 Å². The zero-order valence-corrected chi connectivity index (χ0v) is 22.3. The second-order valence-electron chi connectivity index (χ2n) is 9.75. The number of carbonyl (C=O) groups is 1. The molecule has 3 aliphatic heterocycles. The van der Waals surface area contributed by atoms with E-state index in [-0.39, 0.29) is 5.97 Å². The minimum absolute atomic E-state index is 0.368. The summed E-state index contributed by atoms with van der Waals surface area (Å²) in [5.41, 5.74) is 4.65. The molecular formula is C28H33N5O3S. The van der Waals surface area contributed by atoms with E-state index in [0.717, 1.165) is 48.7 Å². The quantitative estimate of drug-likeness (QED) is 0.358. The van der Waals surface area contributed by atoms with E-state index in [1.54, 1.807) is 19.2 Å². The van der Waals surface area contributed by atoms with Crippen molar-refractivity contribution in [2.75, 3.05) is 39.2 Å². The summed E-state index contributed by atoms with van der Waals surface area (Å²) in [6, 6.07) is 17.9. The van der Waals surface area contributed by atoms with Crippen molar-refractivity contribution < 1.29 is 14.3 Å². The number of nitrogens with zero attached hydrogens (tertiary/aromatic N) is 3. The van der Waals surface area contributed by atoms with Crippen molar-refractivity contribution in [3.8, 4) is 17.0 Å². The van der Waals surface area contributed by atoms with Crippen molar-refractivity contribution in [2.45, 2.75) is 24.8 Å². The Bertz CT molecular complexity index is 1280. The fraction of sp³-hybridized carbons (Fsp3) is 0.393. The van der Waals surface area contributed by atoms with Gasteiger partial charge in [-0.25, -0.2) is 4.79 Å². The SMILES string of the molecule is COC(=O)c1cccc(NC(=S)NC[C@H]2C[C@@H]3CCN2C[C@@H]3c2cc(-c3ccc(OC)cc3)nn2C)c1. The van der Waals surface area contributed by atoms with Crippen LogP contribution in [0.1, 0.15) is 34.8 Å². The van der Waals surface area contributed by atoms with Crippen LogP contribution in [0.15, 0.2) is 54.6 Å².